The van der Waals surface area contributed by atoms with Crippen LogP contribution in [0.2, 0.25) is 0 Å². The van der Waals surface area contributed by atoms with E-state index in [-0.39, 0.29) is 0 Å². The summed E-state index contributed by atoms with van der Waals surface area (Å²) in [5, 5.41) is 20.6. The van der Waals surface area contributed by atoms with Crippen molar-refractivity contribution < 1.29 is 14.7 Å². The Morgan fingerprint density at radius 3 is 2.95 bits per heavy atom. The lowest BCUT2D eigenvalue weighted by atomic mass is 10.2. The minimum atomic E-state index is -1.03. The molecular weight excluding hydrogens is 346 g/mol. The Hall–Kier alpha value is -1.72. The smallest absolute Gasteiger partial charge is 0.327 e. The van der Waals surface area contributed by atoms with Crippen molar-refractivity contribution in [2.45, 2.75) is 6.04 Å². The first-order valence-electron chi connectivity index (χ1n) is 5.60. The molecule has 6 nitrogen and oxygen atoms in total. The van der Waals surface area contributed by atoms with Crippen LogP contribution in [0.1, 0.15) is 5.56 Å². The standard InChI is InChI=1S/C12H10BrN3O3S/c13-8-2-1-7(4-14)9(3-8)15-12(19)16-6-20-5-10(16)11(17)18/h1-3,10H,5-6H2,(H,15,19)(H,17,18)/t10-/m0/s1. The number of carboxylic acid groups (broad SMARTS) is 1. The van der Waals surface area contributed by atoms with Crippen LogP contribution in [0, 0.1) is 11.3 Å². The lowest BCUT2D eigenvalue weighted by Crippen LogP contribution is -2.44. The average molecular weight is 356 g/mol. The van der Waals surface area contributed by atoms with E-state index in [1.54, 1.807) is 18.2 Å². The Morgan fingerprint density at radius 1 is 1.55 bits per heavy atom. The van der Waals surface area contributed by atoms with Crippen molar-refractivity contribution in [3.05, 3.63) is 28.2 Å². The molecule has 0 aromatic heterocycles. The molecule has 2 rings (SSSR count). The summed E-state index contributed by atoms with van der Waals surface area (Å²) in [4.78, 5) is 24.4. The minimum Gasteiger partial charge on any atom is -0.480 e. The van der Waals surface area contributed by atoms with Gasteiger partial charge in [-0.05, 0) is 18.2 Å². The SMILES string of the molecule is N#Cc1ccc(Br)cc1NC(=O)N1CSC[C@H]1C(=O)O. The third kappa shape index (κ3) is 3.05. The van der Waals surface area contributed by atoms with Gasteiger partial charge in [0.25, 0.3) is 0 Å². The summed E-state index contributed by atoms with van der Waals surface area (Å²) in [5.74, 6) is -0.342. The first kappa shape index (κ1) is 14.7. The second-order valence-corrected chi connectivity index (χ2v) is 5.97. The molecule has 0 bridgehead atoms. The predicted molar refractivity (Wildman–Crippen MR) is 78.5 cm³/mol. The third-order valence-corrected chi connectivity index (χ3v) is 4.28. The molecule has 8 heteroatoms. The number of nitrogens with zero attached hydrogens (tertiary/aromatic N) is 2. The van der Waals surface area contributed by atoms with Crippen LogP contribution in [0.5, 0.6) is 0 Å². The molecule has 2 amide bonds. The van der Waals surface area contributed by atoms with E-state index in [2.05, 4.69) is 21.2 Å². The molecule has 0 radical (unpaired) electrons. The fraction of sp³-hybridized carbons (Fsp3) is 0.250. The number of amides is 2. The molecule has 2 N–H and O–H groups in total. The molecule has 0 spiro atoms. The number of hydrogen-bond acceptors (Lipinski definition) is 4. The highest BCUT2D eigenvalue weighted by atomic mass is 79.9. The van der Waals surface area contributed by atoms with E-state index in [0.29, 0.717) is 22.9 Å². The van der Waals surface area contributed by atoms with Crippen LogP contribution >= 0.6 is 27.7 Å². The molecule has 1 aliphatic heterocycles. The number of nitriles is 1. The van der Waals surface area contributed by atoms with Crippen LogP contribution in [0.25, 0.3) is 0 Å². The van der Waals surface area contributed by atoms with E-state index < -0.39 is 18.0 Å². The number of carbonyl (C=O) groups is 2. The second-order valence-electron chi connectivity index (χ2n) is 4.06. The van der Waals surface area contributed by atoms with E-state index in [0.717, 1.165) is 4.47 Å². The van der Waals surface area contributed by atoms with Crippen molar-refractivity contribution in [3.63, 3.8) is 0 Å². The number of urea groups is 1. The number of benzene rings is 1. The van der Waals surface area contributed by atoms with Crippen LogP contribution in [0.4, 0.5) is 10.5 Å². The molecule has 0 unspecified atom stereocenters. The van der Waals surface area contributed by atoms with Gasteiger partial charge in [0.15, 0.2) is 0 Å². The van der Waals surface area contributed by atoms with Crippen LogP contribution in [0.3, 0.4) is 0 Å². The van der Waals surface area contributed by atoms with Gasteiger partial charge >= 0.3 is 12.0 Å². The number of rotatable bonds is 2. The van der Waals surface area contributed by atoms with E-state index in [4.69, 9.17) is 10.4 Å². The van der Waals surface area contributed by atoms with Gasteiger partial charge in [0.05, 0.1) is 17.1 Å². The first-order chi connectivity index (χ1) is 9.52. The Morgan fingerprint density at radius 2 is 2.30 bits per heavy atom. The van der Waals surface area contributed by atoms with E-state index >= 15 is 0 Å². The summed E-state index contributed by atoms with van der Waals surface area (Å²) in [6.45, 7) is 0. The molecule has 0 saturated carbocycles. The number of carboxylic acids is 1. The quantitative estimate of drug-likeness (QED) is 0.848. The molecular formula is C12H10BrN3O3S. The lowest BCUT2D eigenvalue weighted by molar-refractivity contribution is -0.140. The zero-order valence-corrected chi connectivity index (χ0v) is 12.6. The molecule has 0 aliphatic carbocycles. The highest BCUT2D eigenvalue weighted by molar-refractivity contribution is 9.10. The molecule has 104 valence electrons. The molecule has 1 fully saturated rings. The summed E-state index contributed by atoms with van der Waals surface area (Å²) >= 11 is 4.64. The lowest BCUT2D eigenvalue weighted by Gasteiger charge is -2.21. The molecule has 1 aromatic rings. The third-order valence-electron chi connectivity index (χ3n) is 2.77. The maximum absolute atomic E-state index is 12.1. The van der Waals surface area contributed by atoms with Crippen molar-refractivity contribution in [1.82, 2.24) is 4.90 Å². The number of aliphatic carboxylic acids is 1. The Kier molecular flexibility index (Phi) is 4.52. The van der Waals surface area contributed by atoms with Gasteiger partial charge in [-0.1, -0.05) is 15.9 Å². The number of thioether (sulfide) groups is 1. The van der Waals surface area contributed by atoms with Crippen molar-refractivity contribution in [1.29, 1.82) is 5.26 Å². The van der Waals surface area contributed by atoms with Crippen molar-refractivity contribution >= 4 is 45.4 Å². The monoisotopic (exact) mass is 355 g/mol. The highest BCUT2D eigenvalue weighted by Crippen LogP contribution is 2.25. The van der Waals surface area contributed by atoms with E-state index in [9.17, 15) is 9.59 Å². The first-order valence-corrected chi connectivity index (χ1v) is 7.55. The zero-order valence-electron chi connectivity index (χ0n) is 10.2. The fourth-order valence-corrected chi connectivity index (χ4v) is 3.26. The minimum absolute atomic E-state index is 0.318. The second kappa shape index (κ2) is 6.15. The highest BCUT2D eigenvalue weighted by Gasteiger charge is 2.34. The summed E-state index contributed by atoms with van der Waals surface area (Å²) in [7, 11) is 0. The number of carbonyl (C=O) groups excluding carboxylic acids is 1. The molecule has 1 aliphatic rings. The van der Waals surface area contributed by atoms with Gasteiger partial charge in [-0.15, -0.1) is 11.8 Å². The predicted octanol–water partition coefficient (Wildman–Crippen LogP) is 2.31. The van der Waals surface area contributed by atoms with Gasteiger partial charge < -0.3 is 15.3 Å². The number of nitrogens with one attached hydrogen (secondary N) is 1. The molecule has 1 atom stereocenters. The van der Waals surface area contributed by atoms with Gasteiger partial charge in [-0.3, -0.25) is 0 Å². The van der Waals surface area contributed by atoms with Gasteiger partial charge in [-0.25, -0.2) is 9.59 Å². The number of hydrogen-bond donors (Lipinski definition) is 2. The summed E-state index contributed by atoms with van der Waals surface area (Å²) in [5.41, 5.74) is 0.674. The molecule has 1 saturated heterocycles. The van der Waals surface area contributed by atoms with Gasteiger partial charge in [0.1, 0.15) is 12.1 Å². The maximum atomic E-state index is 12.1. The molecule has 20 heavy (non-hydrogen) atoms. The maximum Gasteiger partial charge on any atom is 0.327 e. The Balaban J connectivity index is 2.18. The Labute approximate surface area is 127 Å². The Bertz CT molecular complexity index is 602. The van der Waals surface area contributed by atoms with Crippen molar-refractivity contribution in [2.75, 3.05) is 16.9 Å². The summed E-state index contributed by atoms with van der Waals surface area (Å²) in [6.07, 6.45) is 0. The fourth-order valence-electron chi connectivity index (χ4n) is 1.75. The van der Waals surface area contributed by atoms with Crippen LogP contribution < -0.4 is 5.32 Å². The summed E-state index contributed by atoms with van der Waals surface area (Å²) in [6, 6.07) is 5.50. The number of halogens is 1. The average Bonchev–Trinajstić information content (AvgIpc) is 2.88. The largest absolute Gasteiger partial charge is 0.480 e. The molecule has 1 heterocycles. The number of anilines is 1. The van der Waals surface area contributed by atoms with E-state index in [1.807, 2.05) is 6.07 Å². The molecule has 1 aromatic carbocycles. The van der Waals surface area contributed by atoms with Crippen LogP contribution in [-0.4, -0.2) is 39.7 Å². The van der Waals surface area contributed by atoms with E-state index in [1.165, 1.54) is 16.7 Å². The van der Waals surface area contributed by atoms with Gasteiger partial charge in [-0.2, -0.15) is 5.26 Å². The van der Waals surface area contributed by atoms with Gasteiger partial charge in [0.2, 0.25) is 0 Å². The van der Waals surface area contributed by atoms with Crippen LogP contribution in [0.15, 0.2) is 22.7 Å². The summed E-state index contributed by atoms with van der Waals surface area (Å²) < 4.78 is 0.720. The van der Waals surface area contributed by atoms with Gasteiger partial charge in [0, 0.05) is 10.2 Å². The topological polar surface area (TPSA) is 93.4 Å². The van der Waals surface area contributed by atoms with Crippen molar-refractivity contribution in [3.8, 4) is 6.07 Å². The van der Waals surface area contributed by atoms with Crippen molar-refractivity contribution in [2.24, 2.45) is 0 Å². The van der Waals surface area contributed by atoms with Crippen LogP contribution in [-0.2, 0) is 4.79 Å². The zero-order chi connectivity index (χ0) is 14.7. The normalized spacial score (nSPS) is 17.6.